The van der Waals surface area contributed by atoms with E-state index in [1.165, 1.54) is 37.3 Å². The molecule has 8 nitrogen and oxygen atoms in total. The normalized spacial score (nSPS) is 17.0. The molecular weight excluding hydrogens is 436 g/mol. The summed E-state index contributed by atoms with van der Waals surface area (Å²) in [5, 5.41) is 13.5. The van der Waals surface area contributed by atoms with Gasteiger partial charge in [-0.1, -0.05) is 30.0 Å². The highest BCUT2D eigenvalue weighted by atomic mass is 16.5. The Balaban J connectivity index is 1.85. The number of rotatable bonds is 6. The maximum atomic E-state index is 13.5. The summed E-state index contributed by atoms with van der Waals surface area (Å²) in [4.78, 5) is 42.4. The highest BCUT2D eigenvalue weighted by Crippen LogP contribution is 2.39. The lowest BCUT2D eigenvalue weighted by atomic mass is 9.94. The number of hydrogen-bond donors (Lipinski definition) is 0. The smallest absolute Gasteiger partial charge is 0.337 e. The lowest BCUT2D eigenvalue weighted by Gasteiger charge is -2.27. The SMILES string of the molecule is COC(=O)c1ccc(C2C(=C([O-])c3cccc(OC)c3)C(=O)C(=O)N2Cc2ccc[nH+]c2)cc1. The number of methoxy groups -OCH3 is 2. The number of H-pyrrole nitrogens is 1. The molecule has 1 N–H and O–H groups in total. The fourth-order valence-electron chi connectivity index (χ4n) is 3.94. The molecule has 1 aliphatic rings. The number of ketones is 1. The summed E-state index contributed by atoms with van der Waals surface area (Å²) in [6.45, 7) is 0.111. The van der Waals surface area contributed by atoms with Crippen LogP contribution in [0, 0.1) is 0 Å². The number of nitrogens with zero attached hydrogens (tertiary/aromatic N) is 1. The quantitative estimate of drug-likeness (QED) is 0.241. The van der Waals surface area contributed by atoms with Crippen molar-refractivity contribution in [3.05, 3.63) is 101 Å². The molecule has 4 rings (SSSR count). The summed E-state index contributed by atoms with van der Waals surface area (Å²) in [5.74, 6) is -2.23. The molecule has 0 bridgehead atoms. The van der Waals surface area contributed by atoms with Crippen LogP contribution < -0.4 is 14.8 Å². The summed E-state index contributed by atoms with van der Waals surface area (Å²) >= 11 is 0. The van der Waals surface area contributed by atoms with E-state index in [9.17, 15) is 19.5 Å². The third kappa shape index (κ3) is 4.25. The lowest BCUT2D eigenvalue weighted by molar-refractivity contribution is -0.378. The molecule has 2 heterocycles. The van der Waals surface area contributed by atoms with Crippen molar-refractivity contribution in [2.45, 2.75) is 12.6 Å². The summed E-state index contributed by atoms with van der Waals surface area (Å²) in [5.41, 5.74) is 1.69. The van der Waals surface area contributed by atoms with Gasteiger partial charge >= 0.3 is 5.97 Å². The van der Waals surface area contributed by atoms with Gasteiger partial charge in [0.1, 0.15) is 5.75 Å². The molecule has 1 aromatic heterocycles. The molecule has 34 heavy (non-hydrogen) atoms. The van der Waals surface area contributed by atoms with Gasteiger partial charge in [-0.25, -0.2) is 9.78 Å². The number of carbonyl (C=O) groups excluding carboxylic acids is 3. The molecular formula is C26H22N2O6. The first-order chi connectivity index (χ1) is 16.4. The highest BCUT2D eigenvalue weighted by Gasteiger charge is 2.44. The fourth-order valence-corrected chi connectivity index (χ4v) is 3.94. The fraction of sp³-hybridized carbons (Fsp3) is 0.154. The minimum absolute atomic E-state index is 0.111. The molecule has 1 saturated heterocycles. The van der Waals surface area contributed by atoms with Crippen LogP contribution in [0.3, 0.4) is 0 Å². The van der Waals surface area contributed by atoms with Crippen LogP contribution in [0.2, 0.25) is 0 Å². The Kier molecular flexibility index (Phi) is 6.40. The average molecular weight is 458 g/mol. The van der Waals surface area contributed by atoms with Crippen LogP contribution in [0.4, 0.5) is 0 Å². The van der Waals surface area contributed by atoms with E-state index < -0.39 is 29.5 Å². The Labute approximate surface area is 196 Å². The first-order valence-electron chi connectivity index (χ1n) is 10.5. The molecule has 0 saturated carbocycles. The van der Waals surface area contributed by atoms with Crippen molar-refractivity contribution in [2.24, 2.45) is 0 Å². The molecule has 1 aliphatic heterocycles. The Hall–Kier alpha value is -4.46. The maximum absolute atomic E-state index is 13.5. The largest absolute Gasteiger partial charge is 0.872 e. The van der Waals surface area contributed by atoms with Gasteiger partial charge in [-0.2, -0.15) is 0 Å². The molecule has 0 aliphatic carbocycles. The number of carbonyl (C=O) groups is 3. The van der Waals surface area contributed by atoms with Gasteiger partial charge in [0.05, 0.1) is 32.4 Å². The summed E-state index contributed by atoms with van der Waals surface area (Å²) in [7, 11) is 2.76. The Morgan fingerprint density at radius 2 is 1.79 bits per heavy atom. The number of hydrogen-bond acceptors (Lipinski definition) is 6. The molecule has 172 valence electrons. The van der Waals surface area contributed by atoms with E-state index in [1.807, 2.05) is 6.07 Å². The second kappa shape index (κ2) is 9.58. The van der Waals surface area contributed by atoms with Gasteiger partial charge in [0, 0.05) is 17.2 Å². The van der Waals surface area contributed by atoms with Crippen LogP contribution in [0.25, 0.3) is 5.76 Å². The monoisotopic (exact) mass is 458 g/mol. The Morgan fingerprint density at radius 1 is 1.03 bits per heavy atom. The third-order valence-corrected chi connectivity index (χ3v) is 5.63. The standard InChI is InChI=1S/C26H22N2O6/c1-33-20-7-3-6-19(13-20)23(29)21-22(17-8-10-18(11-9-17)26(32)34-2)28(25(31)24(21)30)15-16-5-4-12-27-14-16/h3-14,22,29H,15H2,1-2H3. The van der Waals surface area contributed by atoms with E-state index >= 15 is 0 Å². The zero-order chi connectivity index (χ0) is 24.2. The van der Waals surface area contributed by atoms with Gasteiger partial charge in [-0.3, -0.25) is 9.59 Å². The van der Waals surface area contributed by atoms with Crippen molar-refractivity contribution >= 4 is 23.4 Å². The van der Waals surface area contributed by atoms with E-state index in [2.05, 4.69) is 4.98 Å². The van der Waals surface area contributed by atoms with Gasteiger partial charge in [0.15, 0.2) is 12.4 Å². The highest BCUT2D eigenvalue weighted by molar-refractivity contribution is 6.46. The molecule has 3 aromatic rings. The van der Waals surface area contributed by atoms with Crippen molar-refractivity contribution in [3.63, 3.8) is 0 Å². The van der Waals surface area contributed by atoms with Crippen molar-refractivity contribution < 1.29 is 33.9 Å². The number of benzene rings is 2. The molecule has 0 spiro atoms. The minimum Gasteiger partial charge on any atom is -0.872 e. The predicted octanol–water partition coefficient (Wildman–Crippen LogP) is 1.72. The topological polar surface area (TPSA) is 110 Å². The number of pyridine rings is 1. The van der Waals surface area contributed by atoms with E-state index in [0.29, 0.717) is 16.9 Å². The number of nitrogens with one attached hydrogen (secondary N) is 1. The van der Waals surface area contributed by atoms with Crippen LogP contribution in [0.1, 0.15) is 33.1 Å². The van der Waals surface area contributed by atoms with Crippen LogP contribution >= 0.6 is 0 Å². The van der Waals surface area contributed by atoms with Gasteiger partial charge in [-0.05, 0) is 41.5 Å². The zero-order valence-corrected chi connectivity index (χ0v) is 18.6. The number of aromatic amines is 1. The molecule has 1 amide bonds. The number of amides is 1. The lowest BCUT2D eigenvalue weighted by Crippen LogP contribution is -2.29. The maximum Gasteiger partial charge on any atom is 0.337 e. The number of likely N-dealkylation sites (tertiary alicyclic amines) is 1. The number of aromatic nitrogens is 1. The van der Waals surface area contributed by atoms with Crippen molar-refractivity contribution in [3.8, 4) is 5.75 Å². The van der Waals surface area contributed by atoms with Gasteiger partial charge in [0.2, 0.25) is 5.78 Å². The van der Waals surface area contributed by atoms with Crippen molar-refractivity contribution in [2.75, 3.05) is 14.2 Å². The molecule has 1 atom stereocenters. The average Bonchev–Trinajstić information content (AvgIpc) is 3.13. The number of esters is 1. The number of ether oxygens (including phenoxy) is 2. The van der Waals surface area contributed by atoms with E-state index in [1.54, 1.807) is 48.8 Å². The van der Waals surface area contributed by atoms with Crippen LogP contribution in [0.15, 0.2) is 78.6 Å². The number of Topliss-reactive ketones (excluding diaryl/α,β-unsaturated/α-hetero) is 1. The first kappa shape index (κ1) is 22.7. The molecule has 2 aromatic carbocycles. The van der Waals surface area contributed by atoms with Gasteiger partial charge in [0.25, 0.3) is 5.91 Å². The second-order valence-electron chi connectivity index (χ2n) is 7.66. The second-order valence-corrected chi connectivity index (χ2v) is 7.66. The molecule has 1 fully saturated rings. The molecule has 1 unspecified atom stereocenters. The summed E-state index contributed by atoms with van der Waals surface area (Å²) in [6.07, 6.45) is 3.45. The zero-order valence-electron chi connectivity index (χ0n) is 18.6. The van der Waals surface area contributed by atoms with Crippen LogP contribution in [-0.2, 0) is 20.9 Å². The summed E-state index contributed by atoms with van der Waals surface area (Å²) in [6, 6.07) is 15.4. The summed E-state index contributed by atoms with van der Waals surface area (Å²) < 4.78 is 9.95. The minimum atomic E-state index is -0.925. The Bertz CT molecular complexity index is 1270. The van der Waals surface area contributed by atoms with E-state index in [4.69, 9.17) is 9.47 Å². The van der Waals surface area contributed by atoms with Crippen molar-refractivity contribution in [1.29, 1.82) is 0 Å². The van der Waals surface area contributed by atoms with Gasteiger partial charge < -0.3 is 19.5 Å². The van der Waals surface area contributed by atoms with Crippen LogP contribution in [0.5, 0.6) is 5.75 Å². The molecule has 8 heteroatoms. The van der Waals surface area contributed by atoms with E-state index in [0.717, 1.165) is 5.56 Å². The van der Waals surface area contributed by atoms with Crippen molar-refractivity contribution in [1.82, 2.24) is 4.90 Å². The van der Waals surface area contributed by atoms with E-state index in [-0.39, 0.29) is 17.7 Å². The third-order valence-electron chi connectivity index (χ3n) is 5.63. The first-order valence-corrected chi connectivity index (χ1v) is 10.5. The Morgan fingerprint density at radius 3 is 2.44 bits per heavy atom. The van der Waals surface area contributed by atoms with Crippen LogP contribution in [-0.4, -0.2) is 36.8 Å². The predicted molar refractivity (Wildman–Crippen MR) is 119 cm³/mol. The molecule has 0 radical (unpaired) electrons. The van der Waals surface area contributed by atoms with Gasteiger partial charge in [-0.15, -0.1) is 0 Å².